The highest BCUT2D eigenvalue weighted by Gasteiger charge is 2.24. The Balaban J connectivity index is 1.97. The second-order valence-corrected chi connectivity index (χ2v) is 6.16. The van der Waals surface area contributed by atoms with Crippen LogP contribution in [0.5, 0.6) is 0 Å². The van der Waals surface area contributed by atoms with E-state index in [1.165, 1.54) is 6.42 Å². The molecule has 0 radical (unpaired) electrons. The molecule has 1 atom stereocenters. The van der Waals surface area contributed by atoms with Gasteiger partial charge in [0.1, 0.15) is 0 Å². The van der Waals surface area contributed by atoms with Crippen LogP contribution in [0.3, 0.4) is 0 Å². The fourth-order valence-corrected chi connectivity index (χ4v) is 3.26. The molecule has 1 aromatic rings. The predicted octanol–water partition coefficient (Wildman–Crippen LogP) is 3.14. The van der Waals surface area contributed by atoms with Gasteiger partial charge in [-0.05, 0) is 44.5 Å². The monoisotopic (exact) mass is 329 g/mol. The van der Waals surface area contributed by atoms with Gasteiger partial charge in [0.2, 0.25) is 5.91 Å². The molecule has 1 aromatic carbocycles. The van der Waals surface area contributed by atoms with Gasteiger partial charge in [-0.2, -0.15) is 0 Å². The molecule has 0 saturated carbocycles. The third kappa shape index (κ3) is 4.58. The number of para-hydroxylation sites is 1. The predicted molar refractivity (Wildman–Crippen MR) is 88.0 cm³/mol. The highest BCUT2D eigenvalue weighted by atomic mass is 35.5. The number of hydrogen-bond acceptors (Lipinski definition) is 3. The van der Waals surface area contributed by atoms with Crippen LogP contribution < -0.4 is 11.1 Å². The molecule has 1 heterocycles. The summed E-state index contributed by atoms with van der Waals surface area (Å²) in [6, 6.07) is 5.57. The summed E-state index contributed by atoms with van der Waals surface area (Å²) in [5, 5.41) is 3.72. The summed E-state index contributed by atoms with van der Waals surface area (Å²) < 4.78 is 0. The summed E-state index contributed by atoms with van der Waals surface area (Å²) in [5.74, 6) is -0.0890. The smallest absolute Gasteiger partial charge is 0.238 e. The number of carbonyl (C=O) groups excluding carboxylic acids is 1. The summed E-state index contributed by atoms with van der Waals surface area (Å²) in [5.41, 5.74) is 6.14. The van der Waals surface area contributed by atoms with Crippen LogP contribution in [0.4, 0.5) is 5.69 Å². The molecule has 116 valence electrons. The van der Waals surface area contributed by atoms with E-state index in [0.29, 0.717) is 34.9 Å². The number of piperidine rings is 1. The quantitative estimate of drug-likeness (QED) is 0.872. The molecule has 1 saturated heterocycles. The number of carbonyl (C=O) groups is 1. The lowest BCUT2D eigenvalue weighted by molar-refractivity contribution is -0.118. The Kier molecular flexibility index (Phi) is 6.30. The summed E-state index contributed by atoms with van der Waals surface area (Å²) in [4.78, 5) is 14.4. The number of halogens is 2. The van der Waals surface area contributed by atoms with Crippen molar-refractivity contribution in [3.8, 4) is 0 Å². The Bertz CT molecular complexity index is 474. The number of benzene rings is 1. The highest BCUT2D eigenvalue weighted by Crippen LogP contribution is 2.29. The molecule has 0 bridgehead atoms. The molecule has 21 heavy (non-hydrogen) atoms. The molecule has 2 rings (SSSR count). The number of nitrogens with zero attached hydrogens (tertiary/aromatic N) is 1. The minimum Gasteiger partial charge on any atom is -0.330 e. The molecule has 1 aliphatic rings. The highest BCUT2D eigenvalue weighted by molar-refractivity contribution is 6.39. The summed E-state index contributed by atoms with van der Waals surface area (Å²) >= 11 is 12.1. The first-order valence-corrected chi connectivity index (χ1v) is 8.05. The minimum atomic E-state index is -0.0890. The van der Waals surface area contributed by atoms with Crippen LogP contribution in [0.1, 0.15) is 25.7 Å². The van der Waals surface area contributed by atoms with Crippen molar-refractivity contribution in [3.63, 3.8) is 0 Å². The van der Waals surface area contributed by atoms with E-state index in [4.69, 9.17) is 28.9 Å². The Morgan fingerprint density at radius 2 is 2.05 bits per heavy atom. The molecule has 1 amide bonds. The normalized spacial score (nSPS) is 19.5. The van der Waals surface area contributed by atoms with Crippen molar-refractivity contribution < 1.29 is 4.79 Å². The van der Waals surface area contributed by atoms with E-state index in [9.17, 15) is 4.79 Å². The summed E-state index contributed by atoms with van der Waals surface area (Å²) in [6.07, 6.45) is 4.37. The maximum absolute atomic E-state index is 12.2. The lowest BCUT2D eigenvalue weighted by atomic mass is 9.99. The minimum absolute atomic E-state index is 0.0890. The second-order valence-electron chi connectivity index (χ2n) is 5.34. The Morgan fingerprint density at radius 1 is 1.33 bits per heavy atom. The number of hydrogen-bond donors (Lipinski definition) is 2. The SMILES string of the molecule is NCCC1CCCCN1CC(=O)Nc1c(Cl)cccc1Cl. The van der Waals surface area contributed by atoms with Crippen molar-refractivity contribution in [1.29, 1.82) is 0 Å². The van der Waals surface area contributed by atoms with E-state index >= 15 is 0 Å². The van der Waals surface area contributed by atoms with Crippen molar-refractivity contribution in [3.05, 3.63) is 28.2 Å². The van der Waals surface area contributed by atoms with E-state index in [0.717, 1.165) is 25.8 Å². The molecule has 6 heteroatoms. The van der Waals surface area contributed by atoms with Gasteiger partial charge in [0.05, 0.1) is 22.3 Å². The van der Waals surface area contributed by atoms with Gasteiger partial charge in [0, 0.05) is 6.04 Å². The Morgan fingerprint density at radius 3 is 2.71 bits per heavy atom. The van der Waals surface area contributed by atoms with Gasteiger partial charge >= 0.3 is 0 Å². The molecule has 4 nitrogen and oxygen atoms in total. The van der Waals surface area contributed by atoms with E-state index in [-0.39, 0.29) is 5.91 Å². The molecule has 3 N–H and O–H groups in total. The first kappa shape index (κ1) is 16.6. The zero-order valence-corrected chi connectivity index (χ0v) is 13.5. The van der Waals surface area contributed by atoms with Crippen LogP contribution >= 0.6 is 23.2 Å². The molecule has 1 aliphatic heterocycles. The second kappa shape index (κ2) is 7.99. The third-order valence-corrected chi connectivity index (χ3v) is 4.45. The lowest BCUT2D eigenvalue weighted by Gasteiger charge is -2.35. The number of likely N-dealkylation sites (tertiary alicyclic amines) is 1. The van der Waals surface area contributed by atoms with Crippen LogP contribution in [0.2, 0.25) is 10.0 Å². The van der Waals surface area contributed by atoms with Gasteiger partial charge < -0.3 is 11.1 Å². The lowest BCUT2D eigenvalue weighted by Crippen LogP contribution is -2.44. The van der Waals surface area contributed by atoms with E-state index in [1.807, 2.05) is 0 Å². The van der Waals surface area contributed by atoms with E-state index < -0.39 is 0 Å². The third-order valence-electron chi connectivity index (χ3n) is 3.82. The van der Waals surface area contributed by atoms with Gasteiger partial charge in [-0.15, -0.1) is 0 Å². The average molecular weight is 330 g/mol. The Labute approximate surface area is 135 Å². The van der Waals surface area contributed by atoms with Crippen molar-refractivity contribution in [2.45, 2.75) is 31.7 Å². The number of nitrogens with two attached hydrogens (primary N) is 1. The average Bonchev–Trinajstić information content (AvgIpc) is 2.45. The summed E-state index contributed by atoms with van der Waals surface area (Å²) in [6.45, 7) is 1.94. The Hall–Kier alpha value is -0.810. The summed E-state index contributed by atoms with van der Waals surface area (Å²) in [7, 11) is 0. The zero-order chi connectivity index (χ0) is 15.2. The van der Waals surface area contributed by atoms with Gasteiger partial charge in [-0.1, -0.05) is 35.7 Å². The first-order valence-electron chi connectivity index (χ1n) is 7.30. The maximum Gasteiger partial charge on any atom is 0.238 e. The fourth-order valence-electron chi connectivity index (χ4n) is 2.77. The molecule has 1 fully saturated rings. The van der Waals surface area contributed by atoms with E-state index in [1.54, 1.807) is 18.2 Å². The van der Waals surface area contributed by atoms with Crippen LogP contribution in [0.15, 0.2) is 18.2 Å². The molecular formula is C15H21Cl2N3O. The van der Waals surface area contributed by atoms with Crippen LogP contribution in [0.25, 0.3) is 0 Å². The molecule has 1 unspecified atom stereocenters. The fraction of sp³-hybridized carbons (Fsp3) is 0.533. The molecular weight excluding hydrogens is 309 g/mol. The van der Waals surface area contributed by atoms with E-state index in [2.05, 4.69) is 10.2 Å². The van der Waals surface area contributed by atoms with Crippen molar-refractivity contribution >= 4 is 34.8 Å². The molecule has 0 aromatic heterocycles. The van der Waals surface area contributed by atoms with Gasteiger partial charge in [-0.3, -0.25) is 9.69 Å². The van der Waals surface area contributed by atoms with Gasteiger partial charge in [0.25, 0.3) is 0 Å². The van der Waals surface area contributed by atoms with Crippen molar-refractivity contribution in [1.82, 2.24) is 4.90 Å². The maximum atomic E-state index is 12.2. The number of nitrogens with one attached hydrogen (secondary N) is 1. The van der Waals surface area contributed by atoms with Crippen molar-refractivity contribution in [2.24, 2.45) is 5.73 Å². The standard InChI is InChI=1S/C15H21Cl2N3O/c16-12-5-3-6-13(17)15(12)19-14(21)10-20-9-2-1-4-11(20)7-8-18/h3,5-6,11H,1-2,4,7-10,18H2,(H,19,21). The molecule has 0 spiro atoms. The van der Waals surface area contributed by atoms with Crippen LogP contribution in [-0.2, 0) is 4.79 Å². The number of anilines is 1. The topological polar surface area (TPSA) is 58.4 Å². The van der Waals surface area contributed by atoms with Crippen LogP contribution in [0, 0.1) is 0 Å². The zero-order valence-electron chi connectivity index (χ0n) is 11.9. The molecule has 0 aliphatic carbocycles. The number of amides is 1. The largest absolute Gasteiger partial charge is 0.330 e. The first-order chi connectivity index (χ1) is 10.1. The van der Waals surface area contributed by atoms with Gasteiger partial charge in [0.15, 0.2) is 0 Å². The van der Waals surface area contributed by atoms with Crippen molar-refractivity contribution in [2.75, 3.05) is 25.0 Å². The number of rotatable bonds is 5. The van der Waals surface area contributed by atoms with Crippen LogP contribution in [-0.4, -0.2) is 36.5 Å². The van der Waals surface area contributed by atoms with Gasteiger partial charge in [-0.25, -0.2) is 0 Å².